The summed E-state index contributed by atoms with van der Waals surface area (Å²) < 4.78 is 42.0. The number of carbonyl (C=O) groups is 1. The average molecular weight is 313 g/mol. The maximum absolute atomic E-state index is 12.8. The van der Waals surface area contributed by atoms with Crippen LogP contribution in [0, 0.1) is 0 Å². The molecule has 1 saturated heterocycles. The minimum Gasteiger partial charge on any atom is -0.463 e. The van der Waals surface area contributed by atoms with Crippen molar-refractivity contribution in [3.63, 3.8) is 0 Å². The third kappa shape index (κ3) is 2.14. The largest absolute Gasteiger partial charge is 0.463 e. The van der Waals surface area contributed by atoms with Gasteiger partial charge in [-0.1, -0.05) is 0 Å². The number of fused-ring (bicyclic) bond motifs is 1. The smallest absolute Gasteiger partial charge is 0.327 e. The lowest BCUT2D eigenvalue weighted by Gasteiger charge is -2.38. The molecule has 21 heavy (non-hydrogen) atoms. The van der Waals surface area contributed by atoms with Crippen LogP contribution in [-0.4, -0.2) is 44.2 Å². The van der Waals surface area contributed by atoms with Crippen LogP contribution in [0.2, 0.25) is 0 Å². The molecule has 3 rings (SSSR count). The number of nitrogens with zero attached hydrogens (tertiary/aromatic N) is 1. The van der Waals surface area contributed by atoms with Gasteiger partial charge in [0.15, 0.2) is 11.5 Å². The van der Waals surface area contributed by atoms with Gasteiger partial charge in [-0.15, -0.1) is 0 Å². The molecule has 2 heterocycles. The molecule has 7 nitrogen and oxygen atoms in total. The lowest BCUT2D eigenvalue weighted by Crippen LogP contribution is -2.58. The number of hydrogen-bond acceptors (Lipinski definition) is 6. The zero-order valence-electron chi connectivity index (χ0n) is 11.7. The van der Waals surface area contributed by atoms with Crippen LogP contribution in [0.15, 0.2) is 23.1 Å². The Bertz CT molecular complexity index is 697. The van der Waals surface area contributed by atoms with Crippen molar-refractivity contribution in [2.24, 2.45) is 0 Å². The molecule has 1 aromatic rings. The fourth-order valence-electron chi connectivity index (χ4n) is 2.36. The summed E-state index contributed by atoms with van der Waals surface area (Å²) in [5, 5.41) is 0. The van der Waals surface area contributed by atoms with Gasteiger partial charge in [0.05, 0.1) is 4.90 Å². The van der Waals surface area contributed by atoms with Crippen molar-refractivity contribution >= 4 is 16.0 Å². The summed E-state index contributed by atoms with van der Waals surface area (Å²) in [5.41, 5.74) is -1.24. The van der Waals surface area contributed by atoms with Crippen LogP contribution < -0.4 is 9.47 Å². The predicted molar refractivity (Wildman–Crippen MR) is 71.5 cm³/mol. The number of carbonyl (C=O) groups excluding carboxylic acids is 1. The normalized spacial score (nSPS) is 21.1. The highest BCUT2D eigenvalue weighted by Crippen LogP contribution is 2.36. The number of cyclic esters (lactones) is 1. The number of hydrogen-bond donors (Lipinski definition) is 0. The number of morpholine rings is 1. The van der Waals surface area contributed by atoms with Gasteiger partial charge >= 0.3 is 5.97 Å². The van der Waals surface area contributed by atoms with E-state index in [1.54, 1.807) is 6.07 Å². The second-order valence-corrected chi connectivity index (χ2v) is 7.15. The molecule has 0 saturated carbocycles. The van der Waals surface area contributed by atoms with Gasteiger partial charge in [-0.25, -0.2) is 8.42 Å². The van der Waals surface area contributed by atoms with Crippen LogP contribution >= 0.6 is 0 Å². The summed E-state index contributed by atoms with van der Waals surface area (Å²) in [7, 11) is -3.83. The van der Waals surface area contributed by atoms with Gasteiger partial charge in [-0.3, -0.25) is 4.79 Å². The molecule has 0 bridgehead atoms. The lowest BCUT2D eigenvalue weighted by molar-refractivity contribution is -0.160. The molecule has 1 fully saturated rings. The molecule has 2 aliphatic heterocycles. The van der Waals surface area contributed by atoms with Gasteiger partial charge in [-0.05, 0) is 26.0 Å². The predicted octanol–water partition coefficient (Wildman–Crippen LogP) is 0.741. The lowest BCUT2D eigenvalue weighted by atomic mass is 10.1. The molecule has 0 radical (unpaired) electrons. The Kier molecular flexibility index (Phi) is 3.10. The zero-order valence-corrected chi connectivity index (χ0v) is 12.5. The van der Waals surface area contributed by atoms with Gasteiger partial charge in [0.2, 0.25) is 16.8 Å². The quantitative estimate of drug-likeness (QED) is 0.749. The van der Waals surface area contributed by atoms with Crippen LogP contribution in [0.5, 0.6) is 11.5 Å². The Balaban J connectivity index is 2.02. The molecule has 1 aromatic carbocycles. The van der Waals surface area contributed by atoms with E-state index in [-0.39, 0.29) is 24.8 Å². The average Bonchev–Trinajstić information content (AvgIpc) is 2.88. The van der Waals surface area contributed by atoms with Crippen molar-refractivity contribution in [3.8, 4) is 11.5 Å². The molecule has 0 unspecified atom stereocenters. The third-order valence-corrected chi connectivity index (χ3v) is 5.65. The van der Waals surface area contributed by atoms with Gasteiger partial charge in [-0.2, -0.15) is 4.31 Å². The monoisotopic (exact) mass is 313 g/mol. The highest BCUT2D eigenvalue weighted by atomic mass is 32.2. The Labute approximate surface area is 122 Å². The molecule has 114 valence electrons. The van der Waals surface area contributed by atoms with Crippen LogP contribution in [0.4, 0.5) is 0 Å². The van der Waals surface area contributed by atoms with Gasteiger partial charge in [0, 0.05) is 12.6 Å². The second kappa shape index (κ2) is 4.60. The summed E-state index contributed by atoms with van der Waals surface area (Å²) >= 11 is 0. The number of benzene rings is 1. The topological polar surface area (TPSA) is 82.1 Å². The van der Waals surface area contributed by atoms with Crippen molar-refractivity contribution in [1.29, 1.82) is 0 Å². The number of sulfonamides is 1. The van der Waals surface area contributed by atoms with Crippen LogP contribution in [-0.2, 0) is 19.6 Å². The SMILES string of the molecule is CC1(C)C(=O)OCCN1S(=O)(=O)c1ccc2c(c1)OCO2. The van der Waals surface area contributed by atoms with E-state index >= 15 is 0 Å². The minimum atomic E-state index is -3.83. The third-order valence-electron chi connectivity index (χ3n) is 3.58. The molecule has 0 aliphatic carbocycles. The molecular weight excluding hydrogens is 298 g/mol. The number of rotatable bonds is 2. The highest BCUT2D eigenvalue weighted by Gasteiger charge is 2.46. The van der Waals surface area contributed by atoms with Crippen molar-refractivity contribution in [2.75, 3.05) is 19.9 Å². The molecule has 8 heteroatoms. The van der Waals surface area contributed by atoms with Crippen LogP contribution in [0.1, 0.15) is 13.8 Å². The Morgan fingerprint density at radius 2 is 1.86 bits per heavy atom. The van der Waals surface area contributed by atoms with E-state index in [1.807, 2.05) is 0 Å². The molecule has 0 spiro atoms. The van der Waals surface area contributed by atoms with Crippen LogP contribution in [0.3, 0.4) is 0 Å². The summed E-state index contributed by atoms with van der Waals surface area (Å²) in [4.78, 5) is 11.9. The Morgan fingerprint density at radius 3 is 2.62 bits per heavy atom. The summed E-state index contributed by atoms with van der Waals surface area (Å²) in [6.45, 7) is 3.29. The van der Waals surface area contributed by atoms with E-state index in [0.29, 0.717) is 11.5 Å². The van der Waals surface area contributed by atoms with Crippen molar-refractivity contribution in [2.45, 2.75) is 24.3 Å². The van der Waals surface area contributed by atoms with Crippen LogP contribution in [0.25, 0.3) is 0 Å². The maximum atomic E-state index is 12.8. The first-order valence-corrected chi connectivity index (χ1v) is 7.87. The van der Waals surface area contributed by atoms with E-state index in [1.165, 1.54) is 26.0 Å². The zero-order chi connectivity index (χ0) is 15.3. The summed E-state index contributed by atoms with van der Waals surface area (Å²) in [6.07, 6.45) is 0. The molecular formula is C13H15NO6S. The van der Waals surface area contributed by atoms with E-state index in [9.17, 15) is 13.2 Å². The van der Waals surface area contributed by atoms with E-state index in [4.69, 9.17) is 14.2 Å². The molecule has 0 aromatic heterocycles. The van der Waals surface area contributed by atoms with Crippen molar-refractivity contribution < 1.29 is 27.4 Å². The molecule has 0 atom stereocenters. The molecule has 2 aliphatic rings. The first-order valence-electron chi connectivity index (χ1n) is 6.43. The summed E-state index contributed by atoms with van der Waals surface area (Å²) in [5.74, 6) is 0.331. The van der Waals surface area contributed by atoms with Gasteiger partial charge < -0.3 is 14.2 Å². The first-order chi connectivity index (χ1) is 9.83. The summed E-state index contributed by atoms with van der Waals surface area (Å²) in [6, 6.07) is 4.40. The Hall–Kier alpha value is -1.80. The fourth-order valence-corrected chi connectivity index (χ4v) is 4.11. The second-order valence-electron chi connectivity index (χ2n) is 5.29. The van der Waals surface area contributed by atoms with E-state index in [2.05, 4.69) is 0 Å². The maximum Gasteiger partial charge on any atom is 0.327 e. The highest BCUT2D eigenvalue weighted by molar-refractivity contribution is 7.89. The van der Waals surface area contributed by atoms with Crippen molar-refractivity contribution in [3.05, 3.63) is 18.2 Å². The first kappa shape index (κ1) is 14.2. The molecule has 0 N–H and O–H groups in total. The fraction of sp³-hybridized carbons (Fsp3) is 0.462. The van der Waals surface area contributed by atoms with Crippen molar-refractivity contribution in [1.82, 2.24) is 4.31 Å². The number of esters is 1. The standard InChI is InChI=1S/C13H15NO6S/c1-13(2)12(15)18-6-5-14(13)21(16,17)9-3-4-10-11(7-9)20-8-19-10/h3-4,7H,5-6,8H2,1-2H3. The van der Waals surface area contributed by atoms with E-state index in [0.717, 1.165) is 4.31 Å². The minimum absolute atomic E-state index is 0.0477. The van der Waals surface area contributed by atoms with E-state index < -0.39 is 21.5 Å². The van der Waals surface area contributed by atoms with Gasteiger partial charge in [0.25, 0.3) is 0 Å². The Morgan fingerprint density at radius 1 is 1.14 bits per heavy atom. The molecule has 0 amide bonds. The number of ether oxygens (including phenoxy) is 3. The van der Waals surface area contributed by atoms with Gasteiger partial charge in [0.1, 0.15) is 12.1 Å².